The van der Waals surface area contributed by atoms with E-state index in [0.717, 1.165) is 40.9 Å². The van der Waals surface area contributed by atoms with Crippen molar-refractivity contribution in [3.63, 3.8) is 0 Å². The van der Waals surface area contributed by atoms with Gasteiger partial charge in [0, 0.05) is 17.3 Å². The second-order valence-corrected chi connectivity index (χ2v) is 7.77. The topological polar surface area (TPSA) is 24.4 Å². The first-order chi connectivity index (χ1) is 14.0. The molecule has 0 amide bonds. The van der Waals surface area contributed by atoms with Crippen LogP contribution in [0.4, 0.5) is 5.69 Å². The van der Waals surface area contributed by atoms with E-state index in [9.17, 15) is 0 Å². The van der Waals surface area contributed by atoms with Gasteiger partial charge in [0.15, 0.2) is 0 Å². The lowest BCUT2D eigenvalue weighted by atomic mass is 9.95. The standard InChI is InChI=1S/C26H27ClN2/c1-19(17-18-22-11-6-4-7-12-22)28-20(2)26-24(23-13-8-5-9-14-23)15-10-16-25(26)29-21(3)27/h4-16,19,28H,2,17-18H2,1,3H3/b29-21+. The number of benzene rings is 3. The Morgan fingerprint density at radius 1 is 0.966 bits per heavy atom. The van der Waals surface area contributed by atoms with Crippen molar-refractivity contribution in [3.05, 3.63) is 96.6 Å². The summed E-state index contributed by atoms with van der Waals surface area (Å²) in [4.78, 5) is 4.55. The van der Waals surface area contributed by atoms with Gasteiger partial charge in [0.2, 0.25) is 0 Å². The van der Waals surface area contributed by atoms with Crippen LogP contribution in [0.3, 0.4) is 0 Å². The van der Waals surface area contributed by atoms with Crippen molar-refractivity contribution in [1.29, 1.82) is 0 Å². The summed E-state index contributed by atoms with van der Waals surface area (Å²) in [5, 5.41) is 4.08. The Balaban J connectivity index is 1.85. The molecule has 0 radical (unpaired) electrons. The van der Waals surface area contributed by atoms with Crippen molar-refractivity contribution >= 4 is 28.2 Å². The van der Waals surface area contributed by atoms with Crippen molar-refractivity contribution < 1.29 is 0 Å². The molecule has 1 unspecified atom stereocenters. The van der Waals surface area contributed by atoms with E-state index in [-0.39, 0.29) is 6.04 Å². The van der Waals surface area contributed by atoms with Gasteiger partial charge in [-0.3, -0.25) is 0 Å². The van der Waals surface area contributed by atoms with Crippen LogP contribution in [0.15, 0.2) is 90.4 Å². The van der Waals surface area contributed by atoms with Gasteiger partial charge in [-0.2, -0.15) is 0 Å². The monoisotopic (exact) mass is 402 g/mol. The fraction of sp³-hybridized carbons (Fsp3) is 0.192. The van der Waals surface area contributed by atoms with Gasteiger partial charge in [0.25, 0.3) is 0 Å². The van der Waals surface area contributed by atoms with Crippen LogP contribution in [0.25, 0.3) is 16.8 Å². The molecule has 29 heavy (non-hydrogen) atoms. The molecule has 0 aromatic heterocycles. The molecule has 0 aliphatic heterocycles. The predicted molar refractivity (Wildman–Crippen MR) is 127 cm³/mol. The highest BCUT2D eigenvalue weighted by molar-refractivity contribution is 6.65. The normalized spacial score (nSPS) is 12.4. The molecule has 3 aromatic rings. The molecule has 1 N–H and O–H groups in total. The molecule has 0 fully saturated rings. The Morgan fingerprint density at radius 3 is 2.28 bits per heavy atom. The summed E-state index contributed by atoms with van der Waals surface area (Å²) in [5.41, 5.74) is 6.25. The Labute approximate surface area is 179 Å². The summed E-state index contributed by atoms with van der Waals surface area (Å²) in [7, 11) is 0. The van der Waals surface area contributed by atoms with Crippen LogP contribution in [0.1, 0.15) is 31.4 Å². The van der Waals surface area contributed by atoms with Gasteiger partial charge in [-0.15, -0.1) is 0 Å². The highest BCUT2D eigenvalue weighted by Crippen LogP contribution is 2.35. The van der Waals surface area contributed by atoms with Crippen molar-refractivity contribution in [2.75, 3.05) is 0 Å². The molecule has 0 saturated heterocycles. The van der Waals surface area contributed by atoms with Crippen molar-refractivity contribution in [3.8, 4) is 11.1 Å². The Bertz CT molecular complexity index is 974. The molecule has 0 aliphatic carbocycles. The maximum Gasteiger partial charge on any atom is 0.103 e. The molecular formula is C26H27ClN2. The van der Waals surface area contributed by atoms with E-state index >= 15 is 0 Å². The van der Waals surface area contributed by atoms with Crippen LogP contribution in [0.2, 0.25) is 0 Å². The second-order valence-electron chi connectivity index (χ2n) is 7.22. The van der Waals surface area contributed by atoms with E-state index in [4.69, 9.17) is 11.6 Å². The first-order valence-corrected chi connectivity index (χ1v) is 10.3. The van der Waals surface area contributed by atoms with Crippen LogP contribution < -0.4 is 5.32 Å². The van der Waals surface area contributed by atoms with Crippen LogP contribution in [-0.2, 0) is 6.42 Å². The molecule has 1 atom stereocenters. The number of nitrogens with one attached hydrogen (secondary N) is 1. The molecule has 0 bridgehead atoms. The van der Waals surface area contributed by atoms with E-state index in [1.807, 2.05) is 30.3 Å². The summed E-state index contributed by atoms with van der Waals surface area (Å²) < 4.78 is 0. The first kappa shape index (κ1) is 20.9. The SMILES string of the molecule is C=C(NC(C)CCc1ccccc1)c1c(/N=C(\C)Cl)cccc1-c1ccccc1. The molecule has 148 valence electrons. The van der Waals surface area contributed by atoms with E-state index in [1.165, 1.54) is 5.56 Å². The molecular weight excluding hydrogens is 376 g/mol. The van der Waals surface area contributed by atoms with Crippen LogP contribution in [0, 0.1) is 0 Å². The number of aryl methyl sites for hydroxylation is 1. The van der Waals surface area contributed by atoms with Crippen LogP contribution in [0.5, 0.6) is 0 Å². The summed E-state index contributed by atoms with van der Waals surface area (Å²) in [6, 6.07) is 27.2. The zero-order valence-corrected chi connectivity index (χ0v) is 17.8. The number of hydrogen-bond donors (Lipinski definition) is 1. The molecule has 0 aliphatic rings. The quantitative estimate of drug-likeness (QED) is 0.395. The smallest absolute Gasteiger partial charge is 0.103 e. The maximum absolute atomic E-state index is 6.11. The average Bonchev–Trinajstić information content (AvgIpc) is 2.73. The lowest BCUT2D eigenvalue weighted by molar-refractivity contribution is 0.597. The summed E-state index contributed by atoms with van der Waals surface area (Å²) >= 11 is 6.11. The average molecular weight is 403 g/mol. The van der Waals surface area contributed by atoms with Gasteiger partial charge in [0.1, 0.15) is 5.17 Å². The molecule has 3 heteroatoms. The summed E-state index contributed by atoms with van der Waals surface area (Å²) in [6.45, 7) is 8.33. The lowest BCUT2D eigenvalue weighted by Crippen LogP contribution is -2.25. The minimum atomic E-state index is 0.278. The Morgan fingerprint density at radius 2 is 1.62 bits per heavy atom. The van der Waals surface area contributed by atoms with E-state index in [1.54, 1.807) is 6.92 Å². The molecule has 0 heterocycles. The molecule has 3 aromatic carbocycles. The van der Waals surface area contributed by atoms with Crippen molar-refractivity contribution in [2.45, 2.75) is 32.7 Å². The minimum Gasteiger partial charge on any atom is -0.382 e. The molecule has 0 saturated carbocycles. The summed E-state index contributed by atoms with van der Waals surface area (Å²) in [5.74, 6) is 0. The third-order valence-corrected chi connectivity index (χ3v) is 4.92. The number of rotatable bonds is 8. The zero-order chi connectivity index (χ0) is 20.6. The fourth-order valence-corrected chi connectivity index (χ4v) is 3.54. The number of aliphatic imine (C=N–C) groups is 1. The molecule has 3 rings (SSSR count). The lowest BCUT2D eigenvalue weighted by Gasteiger charge is -2.21. The second kappa shape index (κ2) is 10.1. The van der Waals surface area contributed by atoms with E-state index in [2.05, 4.69) is 72.3 Å². The van der Waals surface area contributed by atoms with Crippen molar-refractivity contribution in [1.82, 2.24) is 5.32 Å². The third kappa shape index (κ3) is 5.82. The van der Waals surface area contributed by atoms with Crippen molar-refractivity contribution in [2.24, 2.45) is 4.99 Å². The summed E-state index contributed by atoms with van der Waals surface area (Å²) in [6.07, 6.45) is 2.04. The van der Waals surface area contributed by atoms with Crippen LogP contribution >= 0.6 is 11.6 Å². The van der Waals surface area contributed by atoms with Gasteiger partial charge < -0.3 is 5.32 Å². The highest BCUT2D eigenvalue weighted by Gasteiger charge is 2.15. The molecule has 0 spiro atoms. The Kier molecular flexibility index (Phi) is 7.26. The number of hydrogen-bond acceptors (Lipinski definition) is 2. The predicted octanol–water partition coefficient (Wildman–Crippen LogP) is 7.22. The number of halogens is 1. The zero-order valence-electron chi connectivity index (χ0n) is 17.0. The van der Waals surface area contributed by atoms with Gasteiger partial charge in [-0.25, -0.2) is 4.99 Å². The fourth-order valence-electron chi connectivity index (χ4n) is 3.44. The third-order valence-electron chi connectivity index (χ3n) is 4.83. The minimum absolute atomic E-state index is 0.278. The number of nitrogens with zero attached hydrogens (tertiary/aromatic N) is 1. The van der Waals surface area contributed by atoms with Crippen LogP contribution in [-0.4, -0.2) is 11.2 Å². The van der Waals surface area contributed by atoms with Gasteiger partial charge in [-0.1, -0.05) is 91.0 Å². The Hall–Kier alpha value is -2.84. The van der Waals surface area contributed by atoms with E-state index < -0.39 is 0 Å². The van der Waals surface area contributed by atoms with E-state index in [0.29, 0.717) is 5.17 Å². The largest absolute Gasteiger partial charge is 0.382 e. The van der Waals surface area contributed by atoms with Gasteiger partial charge >= 0.3 is 0 Å². The first-order valence-electron chi connectivity index (χ1n) is 9.93. The van der Waals surface area contributed by atoms with Gasteiger partial charge in [0.05, 0.1) is 5.69 Å². The van der Waals surface area contributed by atoms with Gasteiger partial charge in [-0.05, 0) is 49.4 Å². The maximum atomic E-state index is 6.11. The molecule has 2 nitrogen and oxygen atoms in total. The highest BCUT2D eigenvalue weighted by atomic mass is 35.5.